The highest BCUT2D eigenvalue weighted by molar-refractivity contribution is 5.36. The summed E-state index contributed by atoms with van der Waals surface area (Å²) in [5.74, 6) is -0.101. The zero-order valence-electron chi connectivity index (χ0n) is 17.5. The van der Waals surface area contributed by atoms with Crippen molar-refractivity contribution in [3.8, 4) is 0 Å². The summed E-state index contributed by atoms with van der Waals surface area (Å²) in [6.45, 7) is 12.9. The maximum absolute atomic E-state index is 12.0. The van der Waals surface area contributed by atoms with E-state index in [0.29, 0.717) is 19.4 Å². The van der Waals surface area contributed by atoms with Crippen molar-refractivity contribution >= 4 is 0 Å². The van der Waals surface area contributed by atoms with Crippen molar-refractivity contribution in [3.05, 3.63) is 23.8 Å². The van der Waals surface area contributed by atoms with Gasteiger partial charge in [0.15, 0.2) is 6.29 Å². The first kappa shape index (κ1) is 19.3. The first-order valence-electron chi connectivity index (χ1n) is 10.8. The third-order valence-electron chi connectivity index (χ3n) is 9.13. The molecular weight excluding hydrogens is 356 g/mol. The first-order chi connectivity index (χ1) is 13.1. The number of allylic oxidation sites excluding steroid dienone is 1. The van der Waals surface area contributed by atoms with E-state index in [1.165, 1.54) is 11.1 Å². The molecule has 2 saturated heterocycles. The van der Waals surface area contributed by atoms with E-state index in [-0.39, 0.29) is 29.6 Å². The predicted molar refractivity (Wildman–Crippen MR) is 105 cm³/mol. The van der Waals surface area contributed by atoms with Crippen LogP contribution >= 0.6 is 0 Å². The van der Waals surface area contributed by atoms with Crippen molar-refractivity contribution in [2.75, 3.05) is 6.61 Å². The lowest BCUT2D eigenvalue weighted by atomic mass is 9.46. The van der Waals surface area contributed by atoms with E-state index in [2.05, 4.69) is 34.3 Å². The van der Waals surface area contributed by atoms with Crippen LogP contribution in [0.15, 0.2) is 23.8 Å². The molecule has 2 bridgehead atoms. The zero-order valence-corrected chi connectivity index (χ0v) is 17.5. The van der Waals surface area contributed by atoms with Gasteiger partial charge in [0, 0.05) is 16.7 Å². The molecule has 5 heteroatoms. The molecule has 3 aliphatic carbocycles. The van der Waals surface area contributed by atoms with Gasteiger partial charge < -0.3 is 24.4 Å². The van der Waals surface area contributed by atoms with Crippen molar-refractivity contribution in [2.45, 2.75) is 95.6 Å². The van der Waals surface area contributed by atoms with Crippen LogP contribution in [-0.2, 0) is 14.2 Å². The molecule has 156 valence electrons. The number of ether oxygens (including phenoxy) is 3. The zero-order chi connectivity index (χ0) is 20.1. The third kappa shape index (κ3) is 2.15. The van der Waals surface area contributed by atoms with Crippen LogP contribution in [0.25, 0.3) is 0 Å². The number of hydrogen-bond acceptors (Lipinski definition) is 5. The van der Waals surface area contributed by atoms with Crippen LogP contribution in [-0.4, -0.2) is 52.6 Å². The number of fused-ring (bicyclic) bond motifs is 8. The second kappa shape index (κ2) is 5.70. The molecule has 0 aromatic rings. The van der Waals surface area contributed by atoms with E-state index >= 15 is 0 Å². The maximum Gasteiger partial charge on any atom is 0.177 e. The monoisotopic (exact) mass is 390 g/mol. The van der Waals surface area contributed by atoms with Gasteiger partial charge in [0.05, 0.1) is 24.4 Å². The van der Waals surface area contributed by atoms with Gasteiger partial charge in [0.1, 0.15) is 11.7 Å². The van der Waals surface area contributed by atoms with Gasteiger partial charge in [-0.1, -0.05) is 32.9 Å². The summed E-state index contributed by atoms with van der Waals surface area (Å²) >= 11 is 0. The molecule has 5 rings (SSSR count). The molecule has 28 heavy (non-hydrogen) atoms. The molecule has 2 N–H and O–H groups in total. The summed E-state index contributed by atoms with van der Waals surface area (Å²) in [7, 11) is 0. The Balaban J connectivity index is 1.71. The van der Waals surface area contributed by atoms with Crippen LogP contribution in [0.1, 0.15) is 59.8 Å². The summed E-state index contributed by atoms with van der Waals surface area (Å²) in [4.78, 5) is 0. The van der Waals surface area contributed by atoms with E-state index in [4.69, 9.17) is 14.2 Å². The van der Waals surface area contributed by atoms with Crippen molar-refractivity contribution in [1.82, 2.24) is 0 Å². The Morgan fingerprint density at radius 1 is 1.14 bits per heavy atom. The average molecular weight is 391 g/mol. The summed E-state index contributed by atoms with van der Waals surface area (Å²) in [6, 6.07) is 0. The topological polar surface area (TPSA) is 68.2 Å². The lowest BCUT2D eigenvalue weighted by molar-refractivity contribution is -0.321. The highest BCUT2D eigenvalue weighted by Crippen LogP contribution is 2.64. The Morgan fingerprint density at radius 2 is 1.89 bits per heavy atom. The van der Waals surface area contributed by atoms with Crippen LogP contribution in [0.5, 0.6) is 0 Å². The molecule has 8 atom stereocenters. The van der Waals surface area contributed by atoms with Crippen molar-refractivity contribution < 1.29 is 24.4 Å². The van der Waals surface area contributed by atoms with Gasteiger partial charge >= 0.3 is 0 Å². The minimum atomic E-state index is -0.896. The molecule has 0 amide bonds. The third-order valence-corrected chi connectivity index (χ3v) is 9.13. The lowest BCUT2D eigenvalue weighted by Crippen LogP contribution is -2.73. The Kier molecular flexibility index (Phi) is 3.92. The van der Waals surface area contributed by atoms with Gasteiger partial charge in [-0.05, 0) is 50.7 Å². The van der Waals surface area contributed by atoms with Gasteiger partial charge in [-0.3, -0.25) is 0 Å². The molecule has 4 fully saturated rings. The molecule has 0 aromatic heterocycles. The van der Waals surface area contributed by atoms with Gasteiger partial charge in [-0.15, -0.1) is 0 Å². The molecule has 2 aliphatic heterocycles. The fourth-order valence-electron chi connectivity index (χ4n) is 7.18. The molecule has 0 aromatic carbocycles. The van der Waals surface area contributed by atoms with Crippen LogP contribution in [0.4, 0.5) is 0 Å². The van der Waals surface area contributed by atoms with Crippen LogP contribution in [0.3, 0.4) is 0 Å². The van der Waals surface area contributed by atoms with Gasteiger partial charge in [0.2, 0.25) is 0 Å². The van der Waals surface area contributed by atoms with E-state index in [1.807, 2.05) is 0 Å². The highest BCUT2D eigenvalue weighted by Gasteiger charge is 2.70. The second-order valence-electron chi connectivity index (χ2n) is 10.7. The molecule has 5 nitrogen and oxygen atoms in total. The Hall–Kier alpha value is -0.720. The first-order valence-corrected chi connectivity index (χ1v) is 10.8. The number of rotatable bonds is 1. The summed E-state index contributed by atoms with van der Waals surface area (Å²) in [5, 5.41) is 23.6. The Labute approximate surface area is 167 Å². The fraction of sp³-hybridized carbons (Fsp3) is 0.826. The molecule has 2 heterocycles. The quantitative estimate of drug-likeness (QED) is 0.674. The molecule has 0 spiro atoms. The van der Waals surface area contributed by atoms with Gasteiger partial charge in [0.25, 0.3) is 0 Å². The summed E-state index contributed by atoms with van der Waals surface area (Å²) < 4.78 is 18.6. The number of aliphatic hydroxyl groups is 2. The molecule has 5 aliphatic rings. The summed E-state index contributed by atoms with van der Waals surface area (Å²) in [6.07, 6.45) is 4.57. The Bertz CT molecular complexity index is 743. The highest BCUT2D eigenvalue weighted by atomic mass is 16.7. The van der Waals surface area contributed by atoms with Crippen molar-refractivity contribution in [3.63, 3.8) is 0 Å². The SMILES string of the molecule is C=C[C@@H]1O[C@@H]2C3=C(C)CC[C@@](O)(CC4[C@]5(O)CO[C@@H]5CC[C@@]4(C)[C@@H]2O1)C3(C)C. The largest absolute Gasteiger partial charge is 0.389 e. The second-order valence-corrected chi connectivity index (χ2v) is 10.7. The minimum absolute atomic E-state index is 0.101. The average Bonchev–Trinajstić information content (AvgIpc) is 3.04. The van der Waals surface area contributed by atoms with E-state index in [9.17, 15) is 10.2 Å². The Morgan fingerprint density at radius 3 is 2.54 bits per heavy atom. The maximum atomic E-state index is 12.0. The van der Waals surface area contributed by atoms with E-state index < -0.39 is 22.9 Å². The van der Waals surface area contributed by atoms with E-state index in [0.717, 1.165) is 19.3 Å². The lowest BCUT2D eigenvalue weighted by Gasteiger charge is -2.65. The fourth-order valence-corrected chi connectivity index (χ4v) is 7.18. The van der Waals surface area contributed by atoms with Crippen LogP contribution in [0, 0.1) is 16.7 Å². The van der Waals surface area contributed by atoms with Crippen molar-refractivity contribution in [2.24, 2.45) is 16.7 Å². The predicted octanol–water partition coefficient (Wildman–Crippen LogP) is 3.10. The molecule has 0 radical (unpaired) electrons. The minimum Gasteiger partial charge on any atom is -0.389 e. The van der Waals surface area contributed by atoms with E-state index in [1.54, 1.807) is 6.08 Å². The normalized spacial score (nSPS) is 54.6. The number of hydrogen-bond donors (Lipinski definition) is 2. The van der Waals surface area contributed by atoms with Gasteiger partial charge in [-0.25, -0.2) is 0 Å². The molecule has 2 saturated carbocycles. The smallest absolute Gasteiger partial charge is 0.177 e. The van der Waals surface area contributed by atoms with Crippen LogP contribution < -0.4 is 0 Å². The van der Waals surface area contributed by atoms with Crippen LogP contribution in [0.2, 0.25) is 0 Å². The van der Waals surface area contributed by atoms with Crippen molar-refractivity contribution in [1.29, 1.82) is 0 Å². The van der Waals surface area contributed by atoms with Gasteiger partial charge in [-0.2, -0.15) is 0 Å². The standard InChI is InChI=1S/C23H34O5/c1-6-16-27-18-17-13(2)7-10-22(24,20(17,3)4)11-14-21(5,19(18)28-16)9-8-15-23(14,25)12-26-15/h6,14-16,18-19,24-25H,1,7-12H2,2-5H3/t14?,15-,16-,18-,19-,21-,22-,23-/m1/s1. The molecular formula is C23H34O5. The molecule has 1 unspecified atom stereocenters. The summed E-state index contributed by atoms with van der Waals surface area (Å²) in [5.41, 5.74) is -0.0416.